The van der Waals surface area contributed by atoms with Crippen molar-refractivity contribution in [2.24, 2.45) is 17.3 Å². The molecule has 5 nitrogen and oxygen atoms in total. The zero-order valence-electron chi connectivity index (χ0n) is 16.4. The van der Waals surface area contributed by atoms with E-state index in [1.807, 2.05) is 48.5 Å². The van der Waals surface area contributed by atoms with Crippen LogP contribution in [0.4, 0.5) is 18.0 Å². The highest BCUT2D eigenvalue weighted by atomic mass is 19.4. The topological polar surface area (TPSA) is 66.8 Å². The second-order valence-corrected chi connectivity index (χ2v) is 8.60. The normalized spacial score (nSPS) is 26.6. The first-order valence-corrected chi connectivity index (χ1v) is 10.1. The Morgan fingerprint density at radius 3 is 2.19 bits per heavy atom. The Labute approximate surface area is 176 Å². The monoisotopic (exact) mass is 431 g/mol. The number of carboxylic acids is 1. The maximum atomic E-state index is 13.2. The Hall–Kier alpha value is -3.03. The number of carbonyl (C=O) groups excluding carboxylic acids is 1. The molecule has 2 fully saturated rings. The summed E-state index contributed by atoms with van der Waals surface area (Å²) >= 11 is 0. The van der Waals surface area contributed by atoms with Crippen molar-refractivity contribution < 1.29 is 32.6 Å². The minimum absolute atomic E-state index is 0.0385. The first kappa shape index (κ1) is 19.9. The van der Waals surface area contributed by atoms with Gasteiger partial charge < -0.3 is 14.7 Å². The molecule has 2 aliphatic carbocycles. The predicted molar refractivity (Wildman–Crippen MR) is 104 cm³/mol. The van der Waals surface area contributed by atoms with Gasteiger partial charge in [0, 0.05) is 24.9 Å². The van der Waals surface area contributed by atoms with Gasteiger partial charge in [0.2, 0.25) is 0 Å². The van der Waals surface area contributed by atoms with Crippen molar-refractivity contribution in [2.75, 3.05) is 19.7 Å². The van der Waals surface area contributed by atoms with Gasteiger partial charge >= 0.3 is 18.2 Å². The highest BCUT2D eigenvalue weighted by molar-refractivity contribution is 5.81. The van der Waals surface area contributed by atoms with Gasteiger partial charge in [0.1, 0.15) is 6.61 Å². The number of halogens is 3. The molecule has 1 amide bonds. The quantitative estimate of drug-likeness (QED) is 0.776. The molecule has 1 aliphatic heterocycles. The molecule has 0 aromatic heterocycles. The lowest BCUT2D eigenvalue weighted by Crippen LogP contribution is -2.57. The van der Waals surface area contributed by atoms with E-state index < -0.39 is 41.9 Å². The molecule has 3 aliphatic rings. The zero-order chi connectivity index (χ0) is 22.0. The number of rotatable bonds is 3. The second-order valence-electron chi connectivity index (χ2n) is 8.60. The van der Waals surface area contributed by atoms with Gasteiger partial charge in [0.15, 0.2) is 0 Å². The Kier molecular flexibility index (Phi) is 4.32. The van der Waals surface area contributed by atoms with Crippen molar-refractivity contribution in [1.29, 1.82) is 0 Å². The average molecular weight is 431 g/mol. The summed E-state index contributed by atoms with van der Waals surface area (Å²) in [7, 11) is 0. The van der Waals surface area contributed by atoms with Crippen LogP contribution in [0, 0.1) is 17.3 Å². The summed E-state index contributed by atoms with van der Waals surface area (Å²) in [6.45, 7) is -0.472. The molecule has 1 heterocycles. The van der Waals surface area contributed by atoms with Crippen molar-refractivity contribution in [1.82, 2.24) is 4.90 Å². The Balaban J connectivity index is 1.32. The molecule has 0 bridgehead atoms. The maximum Gasteiger partial charge on any atom is 0.409 e. The van der Waals surface area contributed by atoms with E-state index in [0.29, 0.717) is 0 Å². The number of alkyl halides is 3. The number of aliphatic carboxylic acids is 1. The van der Waals surface area contributed by atoms with Crippen molar-refractivity contribution in [3.63, 3.8) is 0 Å². The maximum absolute atomic E-state index is 13.2. The third-order valence-corrected chi connectivity index (χ3v) is 7.11. The van der Waals surface area contributed by atoms with Crippen LogP contribution in [0.2, 0.25) is 0 Å². The van der Waals surface area contributed by atoms with Crippen LogP contribution in [0.3, 0.4) is 0 Å². The van der Waals surface area contributed by atoms with Crippen LogP contribution < -0.4 is 0 Å². The highest BCUT2D eigenvalue weighted by Crippen LogP contribution is 2.61. The summed E-state index contributed by atoms with van der Waals surface area (Å²) in [6.07, 6.45) is -5.73. The predicted octanol–water partition coefficient (Wildman–Crippen LogP) is 4.52. The second kappa shape index (κ2) is 6.73. The molecule has 2 aromatic carbocycles. The van der Waals surface area contributed by atoms with Crippen LogP contribution in [0.1, 0.15) is 23.5 Å². The molecule has 2 aromatic rings. The van der Waals surface area contributed by atoms with Crippen molar-refractivity contribution in [2.45, 2.75) is 18.5 Å². The number of benzene rings is 2. The molecule has 1 saturated carbocycles. The van der Waals surface area contributed by atoms with E-state index in [9.17, 15) is 27.9 Å². The molecule has 31 heavy (non-hydrogen) atoms. The van der Waals surface area contributed by atoms with Crippen LogP contribution in [0.25, 0.3) is 11.1 Å². The van der Waals surface area contributed by atoms with E-state index in [0.717, 1.165) is 27.2 Å². The number of carboxylic acid groups (broad SMARTS) is 1. The van der Waals surface area contributed by atoms with E-state index >= 15 is 0 Å². The van der Waals surface area contributed by atoms with Crippen LogP contribution in [0.15, 0.2) is 48.5 Å². The molecule has 162 valence electrons. The van der Waals surface area contributed by atoms with Crippen LogP contribution in [-0.2, 0) is 9.53 Å². The summed E-state index contributed by atoms with van der Waals surface area (Å²) in [5, 5.41) is 9.55. The fraction of sp³-hybridized carbons (Fsp3) is 0.391. The van der Waals surface area contributed by atoms with Crippen molar-refractivity contribution in [3.05, 3.63) is 59.7 Å². The number of hydrogen-bond acceptors (Lipinski definition) is 3. The lowest BCUT2D eigenvalue weighted by atomic mass is 9.55. The van der Waals surface area contributed by atoms with Crippen molar-refractivity contribution in [3.8, 4) is 11.1 Å². The van der Waals surface area contributed by atoms with E-state index in [4.69, 9.17) is 4.74 Å². The smallest absolute Gasteiger partial charge is 0.409 e. The van der Waals surface area contributed by atoms with Gasteiger partial charge in [-0.3, -0.25) is 4.79 Å². The number of ether oxygens (including phenoxy) is 1. The van der Waals surface area contributed by atoms with Crippen LogP contribution in [0.5, 0.6) is 0 Å². The van der Waals surface area contributed by atoms with Gasteiger partial charge in [-0.1, -0.05) is 48.5 Å². The third-order valence-electron chi connectivity index (χ3n) is 7.11. The standard InChI is InChI=1S/C23H20F3NO4/c24-23(25,26)18-9-22(20(28)29)12-27(10-19(18)22)21(30)31-11-17-15-7-3-1-5-13(15)14-6-2-4-8-16(14)17/h1-8,17-19H,9-12H2,(H,28,29)/t18-,19+,22-/m0/s1. The molecule has 3 atom stereocenters. The lowest BCUT2D eigenvalue weighted by Gasteiger charge is -2.47. The fourth-order valence-corrected chi connectivity index (χ4v) is 5.52. The average Bonchev–Trinajstić information content (AvgIpc) is 3.19. The molecule has 8 heteroatoms. The molecule has 0 spiro atoms. The number of amides is 1. The Morgan fingerprint density at radius 1 is 1.06 bits per heavy atom. The number of nitrogens with zero attached hydrogens (tertiary/aromatic N) is 1. The summed E-state index contributed by atoms with van der Waals surface area (Å²) in [5.74, 6) is -4.29. The van der Waals surface area contributed by atoms with E-state index in [-0.39, 0.29) is 25.6 Å². The third kappa shape index (κ3) is 2.91. The first-order chi connectivity index (χ1) is 14.7. The fourth-order valence-electron chi connectivity index (χ4n) is 5.52. The van der Waals surface area contributed by atoms with E-state index in [1.165, 1.54) is 0 Å². The first-order valence-electron chi connectivity index (χ1n) is 10.1. The molecule has 5 rings (SSSR count). The largest absolute Gasteiger partial charge is 0.481 e. The Bertz CT molecular complexity index is 1020. The number of likely N-dealkylation sites (tertiary alicyclic amines) is 1. The Morgan fingerprint density at radius 2 is 1.65 bits per heavy atom. The number of carbonyl (C=O) groups is 2. The zero-order valence-corrected chi connectivity index (χ0v) is 16.4. The summed E-state index contributed by atoms with van der Waals surface area (Å²) < 4.78 is 45.1. The minimum atomic E-state index is -4.47. The van der Waals surface area contributed by atoms with Gasteiger partial charge in [0.05, 0.1) is 11.3 Å². The van der Waals surface area contributed by atoms with Crippen molar-refractivity contribution >= 4 is 12.1 Å². The van der Waals surface area contributed by atoms with Gasteiger partial charge in [0.25, 0.3) is 0 Å². The van der Waals surface area contributed by atoms with E-state index in [1.54, 1.807) is 0 Å². The van der Waals surface area contributed by atoms with Gasteiger partial charge in [-0.25, -0.2) is 4.79 Å². The molecule has 1 saturated heterocycles. The molecule has 0 radical (unpaired) electrons. The molecule has 0 unspecified atom stereocenters. The van der Waals surface area contributed by atoms with Crippen LogP contribution >= 0.6 is 0 Å². The summed E-state index contributed by atoms with van der Waals surface area (Å²) in [6, 6.07) is 15.6. The van der Waals surface area contributed by atoms with Gasteiger partial charge in [-0.2, -0.15) is 13.2 Å². The summed E-state index contributed by atoms with van der Waals surface area (Å²) in [5.41, 5.74) is 2.65. The van der Waals surface area contributed by atoms with Gasteiger partial charge in [-0.15, -0.1) is 0 Å². The lowest BCUT2D eigenvalue weighted by molar-refractivity contribution is -0.242. The minimum Gasteiger partial charge on any atom is -0.481 e. The van der Waals surface area contributed by atoms with E-state index in [2.05, 4.69) is 0 Å². The highest BCUT2D eigenvalue weighted by Gasteiger charge is 2.70. The molecule has 1 N–H and O–H groups in total. The summed E-state index contributed by atoms with van der Waals surface area (Å²) in [4.78, 5) is 25.5. The SMILES string of the molecule is O=C(OCC1c2ccccc2-c2ccccc21)N1C[C@@H]2[C@@H](C(F)(F)F)C[C@]2(C(=O)O)C1. The molecular formula is C23H20F3NO4. The van der Waals surface area contributed by atoms with Crippen LogP contribution in [-0.4, -0.2) is 47.9 Å². The van der Waals surface area contributed by atoms with Gasteiger partial charge in [-0.05, 0) is 28.7 Å². The number of hydrogen-bond donors (Lipinski definition) is 1. The number of fused-ring (bicyclic) bond motifs is 4. The molecular weight excluding hydrogens is 411 g/mol.